The maximum atomic E-state index is 12.6. The highest BCUT2D eigenvalue weighted by Crippen LogP contribution is 2.24. The number of likely N-dealkylation sites (tertiary alicyclic amines) is 1. The van der Waals surface area contributed by atoms with Crippen molar-refractivity contribution in [3.63, 3.8) is 0 Å². The average Bonchev–Trinajstić information content (AvgIpc) is 3.05. The number of hydrogen-bond donors (Lipinski definition) is 1. The molecule has 1 aromatic heterocycles. The quantitative estimate of drug-likeness (QED) is 0.929. The van der Waals surface area contributed by atoms with Crippen LogP contribution in [0.3, 0.4) is 0 Å². The van der Waals surface area contributed by atoms with Gasteiger partial charge >= 0.3 is 5.97 Å². The summed E-state index contributed by atoms with van der Waals surface area (Å²) < 4.78 is 1.51. The van der Waals surface area contributed by atoms with E-state index in [4.69, 9.17) is 0 Å². The molecule has 0 spiro atoms. The molecule has 0 radical (unpaired) electrons. The van der Waals surface area contributed by atoms with E-state index in [-0.39, 0.29) is 11.6 Å². The third-order valence-electron chi connectivity index (χ3n) is 4.14. The van der Waals surface area contributed by atoms with Crippen LogP contribution in [-0.2, 0) is 4.79 Å². The highest BCUT2D eigenvalue weighted by molar-refractivity contribution is 5.94. The van der Waals surface area contributed by atoms with Gasteiger partial charge in [0.2, 0.25) is 0 Å². The minimum absolute atomic E-state index is 0.162. The number of carbonyl (C=O) groups excluding carboxylic acids is 1. The zero-order valence-corrected chi connectivity index (χ0v) is 12.8. The maximum Gasteiger partial charge on any atom is 0.326 e. The predicted octanol–water partition coefficient (Wildman–Crippen LogP) is 1.59. The molecule has 7 heteroatoms. The summed E-state index contributed by atoms with van der Waals surface area (Å²) in [6.45, 7) is 2.43. The van der Waals surface area contributed by atoms with Crippen LogP contribution in [0.2, 0.25) is 0 Å². The van der Waals surface area contributed by atoms with Crippen LogP contribution in [0.1, 0.15) is 30.3 Å². The molecule has 2 unspecified atom stereocenters. The van der Waals surface area contributed by atoms with E-state index < -0.39 is 12.0 Å². The summed E-state index contributed by atoms with van der Waals surface area (Å²) in [4.78, 5) is 25.4. The number of aromatic nitrogens is 3. The van der Waals surface area contributed by atoms with Gasteiger partial charge in [-0.1, -0.05) is 30.3 Å². The number of hydrogen-bond acceptors (Lipinski definition) is 4. The molecule has 1 aliphatic heterocycles. The van der Waals surface area contributed by atoms with Gasteiger partial charge in [-0.2, -0.15) is 0 Å². The first-order valence-corrected chi connectivity index (χ1v) is 7.58. The van der Waals surface area contributed by atoms with Crippen LogP contribution in [-0.4, -0.2) is 49.5 Å². The van der Waals surface area contributed by atoms with Gasteiger partial charge in [0.25, 0.3) is 5.91 Å². The third-order valence-corrected chi connectivity index (χ3v) is 4.14. The minimum atomic E-state index is -0.972. The predicted molar refractivity (Wildman–Crippen MR) is 82.2 cm³/mol. The Bertz CT molecular complexity index is 713. The summed E-state index contributed by atoms with van der Waals surface area (Å²) in [6.07, 6.45) is 2.80. The Kier molecular flexibility index (Phi) is 4.10. The zero-order chi connectivity index (χ0) is 16.4. The minimum Gasteiger partial charge on any atom is -0.480 e. The Morgan fingerprint density at radius 1 is 1.26 bits per heavy atom. The number of carboxylic acid groups (broad SMARTS) is 1. The van der Waals surface area contributed by atoms with Crippen molar-refractivity contribution in [3.05, 3.63) is 42.2 Å². The molecule has 2 atom stereocenters. The van der Waals surface area contributed by atoms with E-state index in [9.17, 15) is 14.7 Å². The largest absolute Gasteiger partial charge is 0.480 e. The van der Waals surface area contributed by atoms with Crippen molar-refractivity contribution in [1.29, 1.82) is 0 Å². The second-order valence-electron chi connectivity index (χ2n) is 5.87. The lowest BCUT2D eigenvalue weighted by molar-refractivity contribution is -0.144. The summed E-state index contributed by atoms with van der Waals surface area (Å²) in [5, 5.41) is 17.2. The van der Waals surface area contributed by atoms with Gasteiger partial charge in [0.05, 0.1) is 11.9 Å². The van der Waals surface area contributed by atoms with Gasteiger partial charge in [-0.05, 0) is 30.9 Å². The molecule has 0 saturated carbocycles. The number of benzene rings is 1. The highest BCUT2D eigenvalue weighted by Gasteiger charge is 2.36. The van der Waals surface area contributed by atoms with Crippen molar-refractivity contribution < 1.29 is 14.7 Å². The van der Waals surface area contributed by atoms with E-state index in [0.29, 0.717) is 18.9 Å². The summed E-state index contributed by atoms with van der Waals surface area (Å²) in [6, 6.07) is 8.53. The highest BCUT2D eigenvalue weighted by atomic mass is 16.4. The van der Waals surface area contributed by atoms with E-state index >= 15 is 0 Å². The molecule has 1 aromatic carbocycles. The number of carboxylic acids is 1. The van der Waals surface area contributed by atoms with Crippen LogP contribution in [0.5, 0.6) is 0 Å². The molecule has 3 rings (SSSR count). The second-order valence-corrected chi connectivity index (χ2v) is 5.87. The first-order chi connectivity index (χ1) is 11.1. The molecule has 1 aliphatic rings. The number of aliphatic carboxylic acids is 1. The van der Waals surface area contributed by atoms with Gasteiger partial charge in [-0.3, -0.25) is 4.79 Å². The fraction of sp³-hybridized carbons (Fsp3) is 0.375. The van der Waals surface area contributed by atoms with Gasteiger partial charge in [0, 0.05) is 6.54 Å². The summed E-state index contributed by atoms with van der Waals surface area (Å²) in [5.74, 6) is -1.06. The van der Waals surface area contributed by atoms with Crippen LogP contribution in [0.25, 0.3) is 5.69 Å². The monoisotopic (exact) mass is 314 g/mol. The van der Waals surface area contributed by atoms with Gasteiger partial charge in [0.1, 0.15) is 6.04 Å². The Balaban J connectivity index is 1.83. The Hall–Kier alpha value is -2.70. The molecule has 7 nitrogen and oxygen atoms in total. The Morgan fingerprint density at radius 3 is 2.70 bits per heavy atom. The van der Waals surface area contributed by atoms with Gasteiger partial charge in [-0.25, -0.2) is 9.48 Å². The Morgan fingerprint density at radius 2 is 2.00 bits per heavy atom. The molecule has 1 N–H and O–H groups in total. The number of piperidine rings is 1. The van der Waals surface area contributed by atoms with E-state index in [0.717, 1.165) is 12.1 Å². The van der Waals surface area contributed by atoms with Crippen molar-refractivity contribution in [3.8, 4) is 5.69 Å². The zero-order valence-electron chi connectivity index (χ0n) is 12.8. The molecule has 1 saturated heterocycles. The second kappa shape index (κ2) is 6.20. The van der Waals surface area contributed by atoms with Crippen LogP contribution >= 0.6 is 0 Å². The summed E-state index contributed by atoms with van der Waals surface area (Å²) in [7, 11) is 0. The fourth-order valence-electron chi connectivity index (χ4n) is 2.83. The first-order valence-electron chi connectivity index (χ1n) is 7.58. The molecule has 120 valence electrons. The van der Waals surface area contributed by atoms with Crippen molar-refractivity contribution in [1.82, 2.24) is 19.9 Å². The van der Waals surface area contributed by atoms with Crippen LogP contribution in [0, 0.1) is 5.92 Å². The SMILES string of the molecule is CC1CCN(C(=O)c2cn(-c3ccccc3)nn2)C(C(=O)O)C1. The van der Waals surface area contributed by atoms with Gasteiger partial charge in [0.15, 0.2) is 5.69 Å². The third kappa shape index (κ3) is 3.08. The molecule has 0 aliphatic carbocycles. The molecule has 1 fully saturated rings. The topological polar surface area (TPSA) is 88.3 Å². The fourth-order valence-corrected chi connectivity index (χ4v) is 2.83. The van der Waals surface area contributed by atoms with E-state index in [2.05, 4.69) is 10.3 Å². The number of para-hydroxylation sites is 1. The maximum absolute atomic E-state index is 12.6. The van der Waals surface area contributed by atoms with Crippen LogP contribution < -0.4 is 0 Å². The number of amides is 1. The van der Waals surface area contributed by atoms with E-state index in [1.54, 1.807) is 0 Å². The van der Waals surface area contributed by atoms with Crippen molar-refractivity contribution >= 4 is 11.9 Å². The standard InChI is InChI=1S/C16H18N4O3/c1-11-7-8-19(14(9-11)16(22)23)15(21)13-10-20(18-17-13)12-5-3-2-4-6-12/h2-6,10-11,14H,7-9H2,1H3,(H,22,23). The van der Waals surface area contributed by atoms with Crippen LogP contribution in [0.4, 0.5) is 0 Å². The number of nitrogens with zero attached hydrogens (tertiary/aromatic N) is 4. The molecule has 23 heavy (non-hydrogen) atoms. The van der Waals surface area contributed by atoms with Gasteiger partial charge in [-0.15, -0.1) is 5.10 Å². The summed E-state index contributed by atoms with van der Waals surface area (Å²) >= 11 is 0. The molecule has 2 aromatic rings. The normalized spacial score (nSPS) is 21.2. The molecule has 1 amide bonds. The first kappa shape index (κ1) is 15.2. The van der Waals surface area contributed by atoms with Gasteiger partial charge < -0.3 is 10.0 Å². The average molecular weight is 314 g/mol. The lowest BCUT2D eigenvalue weighted by atomic mass is 9.92. The van der Waals surface area contributed by atoms with E-state index in [1.165, 1.54) is 15.8 Å². The molecule has 0 bridgehead atoms. The molecular weight excluding hydrogens is 296 g/mol. The summed E-state index contributed by atoms with van der Waals surface area (Å²) in [5.41, 5.74) is 0.954. The lowest BCUT2D eigenvalue weighted by Gasteiger charge is -2.35. The van der Waals surface area contributed by atoms with Crippen molar-refractivity contribution in [2.24, 2.45) is 5.92 Å². The van der Waals surface area contributed by atoms with E-state index in [1.807, 2.05) is 37.3 Å². The molecule has 2 heterocycles. The number of carbonyl (C=O) groups is 2. The van der Waals surface area contributed by atoms with Crippen molar-refractivity contribution in [2.45, 2.75) is 25.8 Å². The Labute approximate surface area is 133 Å². The smallest absolute Gasteiger partial charge is 0.326 e. The van der Waals surface area contributed by atoms with Crippen LogP contribution in [0.15, 0.2) is 36.5 Å². The molecular formula is C16H18N4O3. The van der Waals surface area contributed by atoms with Crippen molar-refractivity contribution in [2.75, 3.05) is 6.54 Å². The lowest BCUT2D eigenvalue weighted by Crippen LogP contribution is -2.49. The number of rotatable bonds is 3.